The molecule has 3 heterocycles. The number of anilines is 2. The van der Waals surface area contributed by atoms with E-state index in [4.69, 9.17) is 14.7 Å². The maximum Gasteiger partial charge on any atom is 0.153 e. The van der Waals surface area contributed by atoms with Crippen molar-refractivity contribution in [3.8, 4) is 0 Å². The van der Waals surface area contributed by atoms with Crippen LogP contribution in [-0.4, -0.2) is 31.3 Å². The molecule has 3 aromatic rings. The Morgan fingerprint density at radius 2 is 1.78 bits per heavy atom. The van der Waals surface area contributed by atoms with E-state index >= 15 is 0 Å². The summed E-state index contributed by atoms with van der Waals surface area (Å²) in [7, 11) is 0. The van der Waals surface area contributed by atoms with Crippen molar-refractivity contribution in [3.63, 3.8) is 0 Å². The minimum absolute atomic E-state index is 0.148. The van der Waals surface area contributed by atoms with Crippen LogP contribution in [0.5, 0.6) is 0 Å². The van der Waals surface area contributed by atoms with Crippen LogP contribution in [0.1, 0.15) is 43.5 Å². The van der Waals surface area contributed by atoms with Crippen molar-refractivity contribution in [2.24, 2.45) is 4.99 Å². The third-order valence-corrected chi connectivity index (χ3v) is 6.52. The van der Waals surface area contributed by atoms with Gasteiger partial charge in [0, 0.05) is 42.0 Å². The number of hydrogen-bond acceptors (Lipinski definition) is 5. The van der Waals surface area contributed by atoms with E-state index in [1.165, 1.54) is 5.56 Å². The molecule has 2 aliphatic rings. The third kappa shape index (κ3) is 4.13. The van der Waals surface area contributed by atoms with Crippen LogP contribution in [0.25, 0.3) is 6.20 Å². The zero-order chi connectivity index (χ0) is 21.9. The molecular weight excluding hydrogens is 396 g/mol. The van der Waals surface area contributed by atoms with Gasteiger partial charge in [0.05, 0.1) is 18.6 Å². The van der Waals surface area contributed by atoms with Crippen LogP contribution in [0.15, 0.2) is 71.9 Å². The molecule has 0 amide bonds. The number of fused-ring (bicyclic) bond motifs is 1. The summed E-state index contributed by atoms with van der Waals surface area (Å²) >= 11 is 0. The number of rotatable bonds is 5. The van der Waals surface area contributed by atoms with Crippen molar-refractivity contribution in [3.05, 3.63) is 88.6 Å². The highest BCUT2D eigenvalue weighted by Crippen LogP contribution is 2.31. The fraction of sp³-hybridized carbons (Fsp3) is 0.333. The van der Waals surface area contributed by atoms with E-state index in [0.717, 1.165) is 60.4 Å². The van der Waals surface area contributed by atoms with Gasteiger partial charge in [-0.05, 0) is 48.2 Å². The van der Waals surface area contributed by atoms with E-state index in [9.17, 15) is 0 Å². The molecule has 2 atom stereocenters. The number of nitrogens with zero attached hydrogens (tertiary/aromatic N) is 4. The highest BCUT2D eigenvalue weighted by atomic mass is 16.5. The van der Waals surface area contributed by atoms with Crippen LogP contribution < -0.4 is 20.4 Å². The van der Waals surface area contributed by atoms with Crippen LogP contribution in [0.2, 0.25) is 0 Å². The number of aromatic nitrogens is 1. The molecule has 1 saturated heterocycles. The summed E-state index contributed by atoms with van der Waals surface area (Å²) in [5.74, 6) is 1.56. The van der Waals surface area contributed by atoms with Crippen molar-refractivity contribution in [1.29, 1.82) is 0 Å². The van der Waals surface area contributed by atoms with Crippen LogP contribution in [-0.2, 0) is 4.74 Å². The zero-order valence-electron chi connectivity index (χ0n) is 18.8. The first-order valence-electron chi connectivity index (χ1n) is 11.5. The van der Waals surface area contributed by atoms with Crippen LogP contribution in [0.3, 0.4) is 0 Å². The maximum atomic E-state index is 5.47. The van der Waals surface area contributed by atoms with Gasteiger partial charge in [0.2, 0.25) is 0 Å². The van der Waals surface area contributed by atoms with Crippen molar-refractivity contribution in [2.45, 2.75) is 32.4 Å². The summed E-state index contributed by atoms with van der Waals surface area (Å²) in [6.45, 7) is 7.79. The summed E-state index contributed by atoms with van der Waals surface area (Å²) in [6.07, 6.45) is 5.18. The monoisotopic (exact) mass is 426 g/mol. The predicted octanol–water partition coefficient (Wildman–Crippen LogP) is 4.01. The second-order valence-corrected chi connectivity index (χ2v) is 8.55. The summed E-state index contributed by atoms with van der Waals surface area (Å²) in [4.78, 5) is 14.4. The molecule has 0 N–H and O–H groups in total. The van der Waals surface area contributed by atoms with E-state index < -0.39 is 0 Å². The van der Waals surface area contributed by atoms with E-state index in [-0.39, 0.29) is 6.17 Å². The summed E-state index contributed by atoms with van der Waals surface area (Å²) in [5, 5.41) is 2.15. The molecule has 2 aliphatic heterocycles. The molecule has 5 nitrogen and oxygen atoms in total. The number of para-hydroxylation sites is 1. The smallest absolute Gasteiger partial charge is 0.153 e. The van der Waals surface area contributed by atoms with Crippen molar-refractivity contribution in [1.82, 2.24) is 4.98 Å². The molecule has 0 aliphatic carbocycles. The van der Waals surface area contributed by atoms with Gasteiger partial charge in [-0.3, -0.25) is 4.99 Å². The van der Waals surface area contributed by atoms with E-state index in [1.807, 2.05) is 12.3 Å². The highest BCUT2D eigenvalue weighted by Gasteiger charge is 2.22. The fourth-order valence-corrected chi connectivity index (χ4v) is 4.32. The molecule has 5 heteroatoms. The summed E-state index contributed by atoms with van der Waals surface area (Å²) < 4.78 is 5.47. The molecule has 1 aromatic heterocycles. The van der Waals surface area contributed by atoms with Gasteiger partial charge in [0.15, 0.2) is 6.17 Å². The van der Waals surface area contributed by atoms with Gasteiger partial charge in [-0.25, -0.2) is 4.98 Å². The highest BCUT2D eigenvalue weighted by molar-refractivity contribution is 5.62. The second-order valence-electron chi connectivity index (χ2n) is 8.55. The molecule has 2 aromatic carbocycles. The fourth-order valence-electron chi connectivity index (χ4n) is 4.32. The number of pyridine rings is 1. The van der Waals surface area contributed by atoms with Crippen LogP contribution in [0, 0.1) is 0 Å². The first-order chi connectivity index (χ1) is 15.7. The summed E-state index contributed by atoms with van der Waals surface area (Å²) in [5.41, 5.74) is 3.59. The lowest BCUT2D eigenvalue weighted by Crippen LogP contribution is -2.38. The van der Waals surface area contributed by atoms with E-state index in [2.05, 4.69) is 84.4 Å². The van der Waals surface area contributed by atoms with Gasteiger partial charge in [0.25, 0.3) is 0 Å². The molecule has 32 heavy (non-hydrogen) atoms. The quantitative estimate of drug-likeness (QED) is 0.618. The van der Waals surface area contributed by atoms with E-state index in [0.29, 0.717) is 5.92 Å². The largest absolute Gasteiger partial charge is 0.378 e. The van der Waals surface area contributed by atoms with Gasteiger partial charge in [0.1, 0.15) is 5.82 Å². The van der Waals surface area contributed by atoms with Gasteiger partial charge in [-0.2, -0.15) is 0 Å². The number of hydrogen-bond donors (Lipinski definition) is 0. The molecule has 0 spiro atoms. The third-order valence-electron chi connectivity index (χ3n) is 6.52. The number of ether oxygens (including phenoxy) is 1. The Kier molecular flexibility index (Phi) is 5.91. The molecular formula is C27H30N4O. The predicted molar refractivity (Wildman–Crippen MR) is 129 cm³/mol. The molecule has 0 bridgehead atoms. The van der Waals surface area contributed by atoms with Gasteiger partial charge < -0.3 is 14.5 Å². The standard InChI is InChI=1S/C27H30N4O/c1-3-20(2)21-8-11-24(12-9-21)31-19-23-6-4-5-7-25(23)29-27(31)22-10-13-26(28-18-22)30-14-16-32-17-15-30/h4-13,18-20,27H,3,14-17H2,1-2H3. The minimum Gasteiger partial charge on any atom is -0.378 e. The lowest BCUT2D eigenvalue weighted by atomic mass is 9.98. The van der Waals surface area contributed by atoms with Crippen molar-refractivity contribution in [2.75, 3.05) is 36.1 Å². The molecule has 2 unspecified atom stereocenters. The maximum absolute atomic E-state index is 5.47. The topological polar surface area (TPSA) is 41.0 Å². The Morgan fingerprint density at radius 1 is 1.00 bits per heavy atom. The Balaban J connectivity index is 1.50. The molecule has 0 radical (unpaired) electrons. The van der Waals surface area contributed by atoms with Crippen LogP contribution >= 0.6 is 0 Å². The normalized spacial score (nSPS) is 19.0. The lowest BCUT2D eigenvalue weighted by Gasteiger charge is -2.31. The Bertz CT molecular complexity index is 1170. The summed E-state index contributed by atoms with van der Waals surface area (Å²) in [6, 6.07) is 21.5. The zero-order valence-corrected chi connectivity index (χ0v) is 18.8. The van der Waals surface area contributed by atoms with Gasteiger partial charge >= 0.3 is 0 Å². The number of morpholine rings is 1. The first kappa shape index (κ1) is 20.7. The Morgan fingerprint density at radius 3 is 2.50 bits per heavy atom. The van der Waals surface area contributed by atoms with Crippen LogP contribution in [0.4, 0.5) is 11.5 Å². The Labute approximate surface area is 189 Å². The molecule has 164 valence electrons. The SMILES string of the molecule is CCC(C)c1ccc(N2C=c3ccccc3=NC2c2ccc(N3CCOCC3)nc2)cc1. The second kappa shape index (κ2) is 9.13. The average molecular weight is 427 g/mol. The Hall–Kier alpha value is -3.18. The first-order valence-corrected chi connectivity index (χ1v) is 11.5. The van der Waals surface area contributed by atoms with E-state index in [1.54, 1.807) is 0 Å². The molecule has 5 rings (SSSR count). The number of benzene rings is 2. The molecule has 1 fully saturated rings. The van der Waals surface area contributed by atoms with Crippen molar-refractivity contribution < 1.29 is 4.74 Å². The minimum atomic E-state index is -0.148. The van der Waals surface area contributed by atoms with Crippen molar-refractivity contribution >= 4 is 17.7 Å². The van der Waals surface area contributed by atoms with Gasteiger partial charge in [-0.15, -0.1) is 0 Å². The average Bonchev–Trinajstić information content (AvgIpc) is 2.88. The lowest BCUT2D eigenvalue weighted by molar-refractivity contribution is 0.122. The van der Waals surface area contributed by atoms with Gasteiger partial charge in [-0.1, -0.05) is 44.2 Å². The molecule has 0 saturated carbocycles.